The Morgan fingerprint density at radius 3 is 2.48 bits per heavy atom. The predicted molar refractivity (Wildman–Crippen MR) is 85.7 cm³/mol. The number of nitrogens with one attached hydrogen (secondary N) is 1. The fraction of sp³-hybridized carbons (Fsp3) is 0.500. The van der Waals surface area contributed by atoms with E-state index in [1.54, 1.807) is 39.2 Å². The van der Waals surface area contributed by atoms with Gasteiger partial charge in [-0.05, 0) is 24.6 Å². The van der Waals surface area contributed by atoms with Crippen LogP contribution in [0.25, 0.3) is 0 Å². The molecule has 1 aromatic carbocycles. The zero-order chi connectivity index (χ0) is 17.2. The molecule has 1 rings (SSSR count). The number of nitrogens with zero attached hydrogens (tertiary/aromatic N) is 1. The molecular formula is C16H24N2O5. The minimum absolute atomic E-state index is 0.0726. The van der Waals surface area contributed by atoms with Crippen LogP contribution >= 0.6 is 0 Å². The van der Waals surface area contributed by atoms with Gasteiger partial charge in [0.05, 0.1) is 20.8 Å². The van der Waals surface area contributed by atoms with Gasteiger partial charge in [-0.3, -0.25) is 4.79 Å². The lowest BCUT2D eigenvalue weighted by Gasteiger charge is -2.18. The van der Waals surface area contributed by atoms with E-state index in [1.807, 2.05) is 12.1 Å². The molecule has 7 nitrogen and oxygen atoms in total. The Kier molecular flexibility index (Phi) is 7.73. The zero-order valence-electron chi connectivity index (χ0n) is 14.0. The number of carbonyl (C=O) groups is 2. The number of alkyl carbamates (subject to hydrolysis) is 1. The van der Waals surface area contributed by atoms with E-state index in [1.165, 1.54) is 0 Å². The first-order valence-electron chi connectivity index (χ1n) is 7.37. The molecule has 0 fully saturated rings. The maximum atomic E-state index is 12.0. The highest BCUT2D eigenvalue weighted by atomic mass is 16.5. The molecule has 0 atom stereocenters. The van der Waals surface area contributed by atoms with E-state index in [4.69, 9.17) is 14.2 Å². The summed E-state index contributed by atoms with van der Waals surface area (Å²) in [6, 6.07) is 5.51. The number of amides is 2. The lowest BCUT2D eigenvalue weighted by Crippen LogP contribution is -2.32. The van der Waals surface area contributed by atoms with Crippen molar-refractivity contribution in [3.05, 3.63) is 23.8 Å². The number of hydrogen-bond donors (Lipinski definition) is 1. The van der Waals surface area contributed by atoms with Crippen LogP contribution in [0.1, 0.15) is 18.9 Å². The van der Waals surface area contributed by atoms with Crippen molar-refractivity contribution in [1.82, 2.24) is 10.2 Å². The largest absolute Gasteiger partial charge is 0.493 e. The summed E-state index contributed by atoms with van der Waals surface area (Å²) >= 11 is 0. The van der Waals surface area contributed by atoms with Crippen LogP contribution in [0, 0.1) is 0 Å². The van der Waals surface area contributed by atoms with Crippen molar-refractivity contribution in [2.45, 2.75) is 19.9 Å². The zero-order valence-corrected chi connectivity index (χ0v) is 14.0. The van der Waals surface area contributed by atoms with Crippen molar-refractivity contribution in [3.8, 4) is 11.5 Å². The Balaban J connectivity index is 2.50. The second-order valence-electron chi connectivity index (χ2n) is 4.84. The average molecular weight is 324 g/mol. The lowest BCUT2D eigenvalue weighted by molar-refractivity contribution is -0.130. The predicted octanol–water partition coefficient (Wildman–Crippen LogP) is 1.80. The second-order valence-corrected chi connectivity index (χ2v) is 4.84. The SMILES string of the molecule is CCOC(=O)NCCC(=O)N(C)Cc1ccc(OC)c(OC)c1. The molecule has 0 unspecified atom stereocenters. The first-order valence-corrected chi connectivity index (χ1v) is 7.37. The van der Waals surface area contributed by atoms with Crippen molar-refractivity contribution in [2.75, 3.05) is 34.4 Å². The third-order valence-electron chi connectivity index (χ3n) is 3.18. The highest BCUT2D eigenvalue weighted by Gasteiger charge is 2.12. The maximum absolute atomic E-state index is 12.0. The van der Waals surface area contributed by atoms with E-state index in [2.05, 4.69) is 5.32 Å². The summed E-state index contributed by atoms with van der Waals surface area (Å²) in [5.41, 5.74) is 0.928. The van der Waals surface area contributed by atoms with Crippen LogP contribution in [-0.4, -0.2) is 51.3 Å². The van der Waals surface area contributed by atoms with Gasteiger partial charge in [-0.2, -0.15) is 0 Å². The van der Waals surface area contributed by atoms with Crippen LogP contribution in [0.2, 0.25) is 0 Å². The van der Waals surface area contributed by atoms with Gasteiger partial charge in [0.2, 0.25) is 5.91 Å². The van der Waals surface area contributed by atoms with Gasteiger partial charge >= 0.3 is 6.09 Å². The molecule has 0 bridgehead atoms. The van der Waals surface area contributed by atoms with E-state index in [0.717, 1.165) is 5.56 Å². The number of carbonyl (C=O) groups excluding carboxylic acids is 2. The Bertz CT molecular complexity index is 533. The second kappa shape index (κ2) is 9.55. The quantitative estimate of drug-likeness (QED) is 0.789. The fourth-order valence-corrected chi connectivity index (χ4v) is 1.99. The molecule has 0 heterocycles. The molecule has 2 amide bonds. The Morgan fingerprint density at radius 1 is 1.17 bits per heavy atom. The first-order chi connectivity index (χ1) is 11.0. The Labute approximate surface area is 136 Å². The monoisotopic (exact) mass is 324 g/mol. The smallest absolute Gasteiger partial charge is 0.407 e. The number of rotatable bonds is 8. The maximum Gasteiger partial charge on any atom is 0.407 e. The summed E-state index contributed by atoms with van der Waals surface area (Å²) < 4.78 is 15.2. The van der Waals surface area contributed by atoms with Crippen LogP contribution in [0.4, 0.5) is 4.79 Å². The molecule has 0 aliphatic rings. The normalized spacial score (nSPS) is 9.91. The molecule has 0 saturated heterocycles. The standard InChI is InChI=1S/C16H24N2O5/c1-5-23-16(20)17-9-8-15(19)18(2)11-12-6-7-13(21-3)14(10-12)22-4/h6-7,10H,5,8-9,11H2,1-4H3,(H,17,20). The topological polar surface area (TPSA) is 77.1 Å². The third-order valence-corrected chi connectivity index (χ3v) is 3.18. The fourth-order valence-electron chi connectivity index (χ4n) is 1.99. The highest BCUT2D eigenvalue weighted by molar-refractivity contribution is 5.77. The van der Waals surface area contributed by atoms with E-state index in [-0.39, 0.29) is 18.9 Å². The molecule has 1 N–H and O–H groups in total. The molecule has 0 radical (unpaired) electrons. The summed E-state index contributed by atoms with van der Waals surface area (Å²) in [6.07, 6.45) is -0.300. The van der Waals surface area contributed by atoms with Gasteiger partial charge in [-0.1, -0.05) is 6.07 Å². The van der Waals surface area contributed by atoms with Crippen molar-refractivity contribution in [2.24, 2.45) is 0 Å². The van der Waals surface area contributed by atoms with E-state index < -0.39 is 6.09 Å². The number of hydrogen-bond acceptors (Lipinski definition) is 5. The summed E-state index contributed by atoms with van der Waals surface area (Å²) in [5, 5.41) is 2.52. The van der Waals surface area contributed by atoms with E-state index in [0.29, 0.717) is 24.7 Å². The van der Waals surface area contributed by atoms with Crippen LogP contribution in [0.3, 0.4) is 0 Å². The van der Waals surface area contributed by atoms with Gasteiger partial charge in [0.25, 0.3) is 0 Å². The van der Waals surface area contributed by atoms with E-state index in [9.17, 15) is 9.59 Å². The van der Waals surface area contributed by atoms with Crippen LogP contribution in [0.5, 0.6) is 11.5 Å². The van der Waals surface area contributed by atoms with Gasteiger partial charge in [0, 0.05) is 26.6 Å². The lowest BCUT2D eigenvalue weighted by atomic mass is 10.2. The first kappa shape index (κ1) is 18.6. The van der Waals surface area contributed by atoms with Gasteiger partial charge in [-0.15, -0.1) is 0 Å². The Morgan fingerprint density at radius 2 is 1.87 bits per heavy atom. The summed E-state index contributed by atoms with van der Waals surface area (Å²) in [6.45, 7) is 2.72. The molecule has 0 spiro atoms. The molecule has 1 aromatic rings. The van der Waals surface area contributed by atoms with Crippen LogP contribution in [-0.2, 0) is 16.1 Å². The minimum Gasteiger partial charge on any atom is -0.493 e. The number of ether oxygens (including phenoxy) is 3. The summed E-state index contributed by atoms with van der Waals surface area (Å²) in [7, 11) is 4.85. The van der Waals surface area contributed by atoms with E-state index >= 15 is 0 Å². The molecule has 0 saturated carbocycles. The van der Waals surface area contributed by atoms with Gasteiger partial charge < -0.3 is 24.4 Å². The van der Waals surface area contributed by atoms with Crippen LogP contribution < -0.4 is 14.8 Å². The average Bonchev–Trinajstić information content (AvgIpc) is 2.54. The van der Waals surface area contributed by atoms with Crippen LogP contribution in [0.15, 0.2) is 18.2 Å². The van der Waals surface area contributed by atoms with Gasteiger partial charge in [0.1, 0.15) is 0 Å². The molecular weight excluding hydrogens is 300 g/mol. The molecule has 0 aliphatic heterocycles. The van der Waals surface area contributed by atoms with Crippen molar-refractivity contribution in [1.29, 1.82) is 0 Å². The molecule has 128 valence electrons. The Hall–Kier alpha value is -2.44. The molecule has 0 aromatic heterocycles. The van der Waals surface area contributed by atoms with Gasteiger partial charge in [0.15, 0.2) is 11.5 Å². The van der Waals surface area contributed by atoms with Crippen molar-refractivity contribution < 1.29 is 23.8 Å². The number of methoxy groups -OCH3 is 2. The third kappa shape index (κ3) is 6.06. The summed E-state index contributed by atoms with van der Waals surface area (Å²) in [4.78, 5) is 24.8. The highest BCUT2D eigenvalue weighted by Crippen LogP contribution is 2.27. The summed E-state index contributed by atoms with van der Waals surface area (Å²) in [5.74, 6) is 1.19. The minimum atomic E-state index is -0.511. The molecule has 23 heavy (non-hydrogen) atoms. The van der Waals surface area contributed by atoms with Crippen molar-refractivity contribution >= 4 is 12.0 Å². The molecule has 7 heteroatoms. The number of benzene rings is 1. The van der Waals surface area contributed by atoms with Crippen molar-refractivity contribution in [3.63, 3.8) is 0 Å². The molecule has 0 aliphatic carbocycles. The van der Waals surface area contributed by atoms with Gasteiger partial charge in [-0.25, -0.2) is 4.79 Å².